The van der Waals surface area contributed by atoms with Gasteiger partial charge in [-0.2, -0.15) is 18.3 Å². The summed E-state index contributed by atoms with van der Waals surface area (Å²) in [5.74, 6) is -0.475. The molecule has 0 unspecified atom stereocenters. The Bertz CT molecular complexity index is 1060. The van der Waals surface area contributed by atoms with Crippen LogP contribution in [0.15, 0.2) is 48.5 Å². The molecule has 3 aromatic rings. The summed E-state index contributed by atoms with van der Waals surface area (Å²) < 4.78 is 43.6. The molecule has 0 saturated carbocycles. The number of amides is 1. The molecule has 1 heterocycles. The lowest BCUT2D eigenvalue weighted by molar-refractivity contribution is -0.153. The van der Waals surface area contributed by atoms with E-state index >= 15 is 0 Å². The van der Waals surface area contributed by atoms with Gasteiger partial charge in [-0.15, -0.1) is 0 Å². The molecular weight excluding hydrogens is 395 g/mol. The number of ether oxygens (including phenoxy) is 1. The molecule has 0 atom stereocenters. The van der Waals surface area contributed by atoms with E-state index in [1.54, 1.807) is 6.92 Å². The molecule has 0 fully saturated rings. The van der Waals surface area contributed by atoms with E-state index < -0.39 is 18.7 Å². The number of hydrogen-bond acceptors (Lipinski definition) is 3. The van der Waals surface area contributed by atoms with Gasteiger partial charge in [-0.25, -0.2) is 0 Å². The van der Waals surface area contributed by atoms with Crippen LogP contribution in [0.4, 0.5) is 18.9 Å². The number of aryl methyl sites for hydroxylation is 2. The number of carbonyl (C=O) groups excluding carboxylic acids is 1. The molecule has 30 heavy (non-hydrogen) atoms. The van der Waals surface area contributed by atoms with Gasteiger partial charge in [0, 0.05) is 5.56 Å². The smallest absolute Gasteiger partial charge is 0.422 e. The minimum atomic E-state index is -4.45. The Hall–Kier alpha value is -3.29. The van der Waals surface area contributed by atoms with Crippen LogP contribution in [-0.2, 0) is 6.54 Å². The van der Waals surface area contributed by atoms with Crippen molar-refractivity contribution < 1.29 is 22.7 Å². The summed E-state index contributed by atoms with van der Waals surface area (Å²) in [5.41, 5.74) is 4.45. The van der Waals surface area contributed by atoms with Gasteiger partial charge in [0.15, 0.2) is 6.61 Å². The number of alkyl halides is 3. The largest absolute Gasteiger partial charge is 0.484 e. The van der Waals surface area contributed by atoms with E-state index in [0.717, 1.165) is 16.8 Å². The zero-order valence-electron chi connectivity index (χ0n) is 16.9. The fourth-order valence-electron chi connectivity index (χ4n) is 3.09. The zero-order valence-corrected chi connectivity index (χ0v) is 16.9. The van der Waals surface area contributed by atoms with Crippen molar-refractivity contribution >= 4 is 11.6 Å². The van der Waals surface area contributed by atoms with Gasteiger partial charge in [0.25, 0.3) is 5.91 Å². The molecule has 0 aliphatic heterocycles. The molecule has 8 heteroatoms. The molecule has 0 saturated heterocycles. The summed E-state index contributed by atoms with van der Waals surface area (Å²) >= 11 is 0. The molecule has 1 N–H and O–H groups in total. The number of nitrogens with zero attached hydrogens (tertiary/aromatic N) is 2. The molecule has 0 bridgehead atoms. The second kappa shape index (κ2) is 8.61. The average molecular weight is 417 g/mol. The molecular formula is C22H22F3N3O2. The quantitative estimate of drug-likeness (QED) is 0.611. The summed E-state index contributed by atoms with van der Waals surface area (Å²) in [6.07, 6.45) is -4.45. The van der Waals surface area contributed by atoms with Crippen LogP contribution in [0.25, 0.3) is 0 Å². The van der Waals surface area contributed by atoms with Gasteiger partial charge in [0.1, 0.15) is 5.75 Å². The molecule has 0 radical (unpaired) electrons. The van der Waals surface area contributed by atoms with Crippen LogP contribution in [0.5, 0.6) is 5.75 Å². The number of aromatic nitrogens is 2. The van der Waals surface area contributed by atoms with Crippen molar-refractivity contribution in [1.82, 2.24) is 9.78 Å². The summed E-state index contributed by atoms with van der Waals surface area (Å²) in [6, 6.07) is 13.7. The standard InChI is InChI=1S/C22H22F3N3O2/c1-14-6-4-7-17(10-14)12-28-16(3)20(15(2)27-28)26-21(29)18-8-5-9-19(11-18)30-13-22(23,24)25/h4-11H,12-13H2,1-3H3,(H,26,29). The highest BCUT2D eigenvalue weighted by molar-refractivity contribution is 6.05. The van der Waals surface area contributed by atoms with Crippen molar-refractivity contribution in [2.24, 2.45) is 0 Å². The predicted molar refractivity (Wildman–Crippen MR) is 108 cm³/mol. The van der Waals surface area contributed by atoms with Gasteiger partial charge in [0.2, 0.25) is 0 Å². The molecule has 5 nitrogen and oxygen atoms in total. The molecule has 0 spiro atoms. The maximum atomic E-state index is 12.7. The first-order chi connectivity index (χ1) is 14.1. The molecule has 2 aromatic carbocycles. The van der Waals surface area contributed by atoms with Crippen LogP contribution >= 0.6 is 0 Å². The minimum absolute atomic E-state index is 0.0245. The van der Waals surface area contributed by atoms with E-state index in [0.29, 0.717) is 17.9 Å². The number of carbonyl (C=O) groups is 1. The van der Waals surface area contributed by atoms with Gasteiger partial charge in [-0.05, 0) is 44.5 Å². The summed E-state index contributed by atoms with van der Waals surface area (Å²) in [4.78, 5) is 12.7. The highest BCUT2D eigenvalue weighted by Gasteiger charge is 2.28. The number of halogens is 3. The third-order valence-electron chi connectivity index (χ3n) is 4.53. The Labute approximate surface area is 172 Å². The first-order valence-electron chi connectivity index (χ1n) is 9.33. The topological polar surface area (TPSA) is 56.2 Å². The summed E-state index contributed by atoms with van der Waals surface area (Å²) in [5, 5.41) is 7.32. The molecule has 3 rings (SSSR count). The van der Waals surface area contributed by atoms with E-state index in [1.165, 1.54) is 24.3 Å². The predicted octanol–water partition coefficient (Wildman–Crippen LogP) is 5.05. The molecule has 158 valence electrons. The number of hydrogen-bond donors (Lipinski definition) is 1. The van der Waals surface area contributed by atoms with Crippen molar-refractivity contribution in [2.75, 3.05) is 11.9 Å². The normalized spacial score (nSPS) is 11.4. The van der Waals surface area contributed by atoms with Crippen LogP contribution in [-0.4, -0.2) is 28.5 Å². The first kappa shape index (κ1) is 21.4. The summed E-state index contributed by atoms with van der Waals surface area (Å²) in [6.45, 7) is 4.81. The van der Waals surface area contributed by atoms with E-state index in [1.807, 2.05) is 36.7 Å². The van der Waals surface area contributed by atoms with Crippen LogP contribution in [0.2, 0.25) is 0 Å². The van der Waals surface area contributed by atoms with E-state index in [9.17, 15) is 18.0 Å². The number of rotatable bonds is 6. The Morgan fingerprint density at radius 3 is 2.53 bits per heavy atom. The van der Waals surface area contributed by atoms with Gasteiger partial charge in [-0.3, -0.25) is 9.48 Å². The Kier molecular flexibility index (Phi) is 6.14. The third-order valence-corrected chi connectivity index (χ3v) is 4.53. The Morgan fingerprint density at radius 1 is 1.10 bits per heavy atom. The molecule has 0 aliphatic rings. The van der Waals surface area contributed by atoms with Crippen molar-refractivity contribution in [1.29, 1.82) is 0 Å². The second-order valence-electron chi connectivity index (χ2n) is 7.08. The number of nitrogens with one attached hydrogen (secondary N) is 1. The maximum absolute atomic E-state index is 12.7. The van der Waals surface area contributed by atoms with Crippen molar-refractivity contribution in [3.8, 4) is 5.75 Å². The van der Waals surface area contributed by atoms with Gasteiger partial charge < -0.3 is 10.1 Å². The van der Waals surface area contributed by atoms with E-state index in [4.69, 9.17) is 4.74 Å². The van der Waals surface area contributed by atoms with Crippen molar-refractivity contribution in [3.63, 3.8) is 0 Å². The Balaban J connectivity index is 1.75. The van der Waals surface area contributed by atoms with Gasteiger partial charge >= 0.3 is 6.18 Å². The van der Waals surface area contributed by atoms with Crippen LogP contribution < -0.4 is 10.1 Å². The molecule has 1 aromatic heterocycles. The van der Waals surface area contributed by atoms with Crippen LogP contribution in [0, 0.1) is 20.8 Å². The van der Waals surface area contributed by atoms with Crippen LogP contribution in [0.3, 0.4) is 0 Å². The third kappa shape index (κ3) is 5.40. The van der Waals surface area contributed by atoms with Crippen LogP contribution in [0.1, 0.15) is 32.9 Å². The van der Waals surface area contributed by atoms with Crippen molar-refractivity contribution in [2.45, 2.75) is 33.5 Å². The lowest BCUT2D eigenvalue weighted by Gasteiger charge is -2.11. The highest BCUT2D eigenvalue weighted by atomic mass is 19.4. The van der Waals surface area contributed by atoms with Gasteiger partial charge in [0.05, 0.1) is 23.6 Å². The zero-order chi connectivity index (χ0) is 21.9. The Morgan fingerprint density at radius 2 is 1.83 bits per heavy atom. The SMILES string of the molecule is Cc1cccc(Cn2nc(C)c(NC(=O)c3cccc(OCC(F)(F)F)c3)c2C)c1. The van der Waals surface area contributed by atoms with E-state index in [-0.39, 0.29) is 11.3 Å². The fraction of sp³-hybridized carbons (Fsp3) is 0.273. The lowest BCUT2D eigenvalue weighted by atomic mass is 10.1. The maximum Gasteiger partial charge on any atom is 0.422 e. The molecule has 0 aliphatic carbocycles. The number of anilines is 1. The summed E-state index contributed by atoms with van der Waals surface area (Å²) in [7, 11) is 0. The minimum Gasteiger partial charge on any atom is -0.484 e. The van der Waals surface area contributed by atoms with E-state index in [2.05, 4.69) is 16.5 Å². The monoisotopic (exact) mass is 417 g/mol. The fourth-order valence-corrected chi connectivity index (χ4v) is 3.09. The van der Waals surface area contributed by atoms with Crippen molar-refractivity contribution in [3.05, 3.63) is 76.6 Å². The second-order valence-corrected chi connectivity index (χ2v) is 7.08. The lowest BCUT2D eigenvalue weighted by Crippen LogP contribution is -2.19. The highest BCUT2D eigenvalue weighted by Crippen LogP contribution is 2.23. The first-order valence-corrected chi connectivity index (χ1v) is 9.33. The number of benzene rings is 2. The molecule has 1 amide bonds. The average Bonchev–Trinajstić information content (AvgIpc) is 2.93. The van der Waals surface area contributed by atoms with Gasteiger partial charge in [-0.1, -0.05) is 35.9 Å².